The third-order valence-electron chi connectivity index (χ3n) is 5.04. The van der Waals surface area contributed by atoms with Crippen molar-refractivity contribution in [1.29, 1.82) is 0 Å². The molecular formula is C24H17F3N2O4. The number of hydrogen-bond donors (Lipinski definition) is 1. The number of esters is 1. The number of fused-ring (bicyclic) bond motifs is 2. The van der Waals surface area contributed by atoms with Gasteiger partial charge in [0, 0.05) is 10.8 Å². The zero-order valence-corrected chi connectivity index (χ0v) is 17.1. The monoisotopic (exact) mass is 454 g/mol. The van der Waals surface area contributed by atoms with Crippen LogP contribution in [0.3, 0.4) is 0 Å². The van der Waals surface area contributed by atoms with Crippen LogP contribution in [-0.2, 0) is 27.0 Å². The molecule has 0 aliphatic heterocycles. The van der Waals surface area contributed by atoms with Crippen molar-refractivity contribution in [3.05, 3.63) is 88.6 Å². The number of nitrogens with one attached hydrogen (secondary N) is 1. The number of carbonyl (C=O) groups excluding carboxylic acids is 2. The number of alkyl halides is 3. The number of aromatic nitrogens is 1. The third kappa shape index (κ3) is 4.57. The molecule has 9 heteroatoms. The number of rotatable bonds is 5. The highest BCUT2D eigenvalue weighted by molar-refractivity contribution is 5.95. The van der Waals surface area contributed by atoms with E-state index in [1.807, 2.05) is 0 Å². The number of carbonyl (C=O) groups is 2. The Labute approximate surface area is 185 Å². The number of benzene rings is 3. The molecule has 1 aromatic heterocycles. The fraction of sp³-hybridized carbons (Fsp3) is 0.125. The molecule has 1 N–H and O–H groups in total. The summed E-state index contributed by atoms with van der Waals surface area (Å²) in [4.78, 5) is 37.4. The van der Waals surface area contributed by atoms with Gasteiger partial charge in [0.2, 0.25) is 0 Å². The number of para-hydroxylation sites is 3. The van der Waals surface area contributed by atoms with E-state index >= 15 is 0 Å². The second-order valence-electron chi connectivity index (χ2n) is 7.20. The summed E-state index contributed by atoms with van der Waals surface area (Å²) in [6.45, 7) is -1.06. The standard InChI is InChI=1S/C24H17F3N2O4/c25-24(26,27)17-9-3-4-10-18(17)28-21(30)14-33-22(31)13-29-19-11-5-1-7-15(19)23(32)16-8-2-6-12-20(16)29/h1-12H,13-14H2,(H,28,30). The van der Waals surface area contributed by atoms with Crippen LogP contribution < -0.4 is 10.7 Å². The summed E-state index contributed by atoms with van der Waals surface area (Å²) >= 11 is 0. The van der Waals surface area contributed by atoms with E-state index in [2.05, 4.69) is 5.32 Å². The number of nitrogens with zero attached hydrogens (tertiary/aromatic N) is 1. The maximum atomic E-state index is 13.1. The van der Waals surface area contributed by atoms with Crippen LogP contribution in [0.2, 0.25) is 0 Å². The van der Waals surface area contributed by atoms with Gasteiger partial charge in [-0.15, -0.1) is 0 Å². The molecule has 6 nitrogen and oxygen atoms in total. The van der Waals surface area contributed by atoms with Crippen LogP contribution in [0, 0.1) is 0 Å². The van der Waals surface area contributed by atoms with E-state index in [1.165, 1.54) is 12.1 Å². The first-order valence-corrected chi connectivity index (χ1v) is 9.87. The first kappa shape index (κ1) is 22.1. The highest BCUT2D eigenvalue weighted by Crippen LogP contribution is 2.34. The average Bonchev–Trinajstić information content (AvgIpc) is 2.80. The van der Waals surface area contributed by atoms with Gasteiger partial charge in [0.15, 0.2) is 12.0 Å². The molecule has 0 fully saturated rings. The van der Waals surface area contributed by atoms with Crippen LogP contribution in [0.15, 0.2) is 77.6 Å². The fourth-order valence-electron chi connectivity index (χ4n) is 3.59. The maximum absolute atomic E-state index is 13.1. The van der Waals surface area contributed by atoms with Crippen molar-refractivity contribution in [1.82, 2.24) is 4.57 Å². The van der Waals surface area contributed by atoms with Crippen LogP contribution in [0.1, 0.15) is 5.56 Å². The van der Waals surface area contributed by atoms with E-state index < -0.39 is 35.9 Å². The first-order chi connectivity index (χ1) is 15.8. The van der Waals surface area contributed by atoms with Gasteiger partial charge < -0.3 is 14.6 Å². The molecule has 4 rings (SSSR count). The lowest BCUT2D eigenvalue weighted by Gasteiger charge is -2.15. The summed E-state index contributed by atoms with van der Waals surface area (Å²) in [7, 11) is 0. The normalized spacial score (nSPS) is 11.5. The predicted octanol–water partition coefficient (Wildman–Crippen LogP) is 4.36. The van der Waals surface area contributed by atoms with Gasteiger partial charge >= 0.3 is 12.1 Å². The Hall–Kier alpha value is -4.14. The van der Waals surface area contributed by atoms with Gasteiger partial charge in [-0.3, -0.25) is 14.4 Å². The molecule has 0 unspecified atom stereocenters. The van der Waals surface area contributed by atoms with Gasteiger partial charge in [0.25, 0.3) is 5.91 Å². The topological polar surface area (TPSA) is 77.4 Å². The predicted molar refractivity (Wildman–Crippen MR) is 117 cm³/mol. The molecule has 0 saturated carbocycles. The lowest BCUT2D eigenvalue weighted by atomic mass is 10.1. The first-order valence-electron chi connectivity index (χ1n) is 9.87. The zero-order chi connectivity index (χ0) is 23.6. The van der Waals surface area contributed by atoms with Crippen molar-refractivity contribution in [3.8, 4) is 0 Å². The smallest absolute Gasteiger partial charge is 0.418 e. The molecule has 168 valence electrons. The van der Waals surface area contributed by atoms with Crippen molar-refractivity contribution < 1.29 is 27.5 Å². The quantitative estimate of drug-likeness (QED) is 0.359. The lowest BCUT2D eigenvalue weighted by Crippen LogP contribution is -2.25. The summed E-state index contributed by atoms with van der Waals surface area (Å²) in [6.07, 6.45) is -4.65. The highest BCUT2D eigenvalue weighted by Gasteiger charge is 2.33. The summed E-state index contributed by atoms with van der Waals surface area (Å²) in [5, 5.41) is 2.96. The van der Waals surface area contributed by atoms with Crippen molar-refractivity contribution in [2.24, 2.45) is 0 Å². The number of hydrogen-bond acceptors (Lipinski definition) is 4. The summed E-state index contributed by atoms with van der Waals surface area (Å²) in [6, 6.07) is 18.1. The van der Waals surface area contributed by atoms with E-state index in [-0.39, 0.29) is 12.0 Å². The van der Waals surface area contributed by atoms with E-state index in [1.54, 1.807) is 53.1 Å². The summed E-state index contributed by atoms with van der Waals surface area (Å²) in [5.74, 6) is -1.69. The Morgan fingerprint density at radius 1 is 0.848 bits per heavy atom. The van der Waals surface area contributed by atoms with Crippen LogP contribution in [0.5, 0.6) is 0 Å². The van der Waals surface area contributed by atoms with Gasteiger partial charge in [-0.2, -0.15) is 13.2 Å². The van der Waals surface area contributed by atoms with E-state index in [0.717, 1.165) is 12.1 Å². The summed E-state index contributed by atoms with van der Waals surface area (Å²) < 4.78 is 45.8. The Balaban J connectivity index is 1.52. The Morgan fingerprint density at radius 2 is 1.39 bits per heavy atom. The molecule has 0 atom stereocenters. The van der Waals surface area contributed by atoms with Gasteiger partial charge in [-0.25, -0.2) is 0 Å². The van der Waals surface area contributed by atoms with Crippen LogP contribution in [-0.4, -0.2) is 23.1 Å². The molecule has 0 aliphatic rings. The Kier molecular flexibility index (Phi) is 5.87. The number of ether oxygens (including phenoxy) is 1. The van der Waals surface area contributed by atoms with Gasteiger partial charge in [-0.1, -0.05) is 36.4 Å². The maximum Gasteiger partial charge on any atom is 0.418 e. The summed E-state index contributed by atoms with van der Waals surface area (Å²) in [5.41, 5.74) is -0.573. The molecule has 4 aromatic rings. The largest absolute Gasteiger partial charge is 0.454 e. The third-order valence-corrected chi connectivity index (χ3v) is 5.04. The Morgan fingerprint density at radius 3 is 2.00 bits per heavy atom. The minimum atomic E-state index is -4.65. The Bertz CT molecular complexity index is 1370. The van der Waals surface area contributed by atoms with Crippen LogP contribution in [0.25, 0.3) is 21.8 Å². The van der Waals surface area contributed by atoms with E-state index in [9.17, 15) is 27.6 Å². The number of halogens is 3. The molecule has 0 bridgehead atoms. The van der Waals surface area contributed by atoms with Crippen molar-refractivity contribution >= 4 is 39.4 Å². The lowest BCUT2D eigenvalue weighted by molar-refractivity contribution is -0.147. The molecule has 0 spiro atoms. The molecule has 1 heterocycles. The van der Waals surface area contributed by atoms with Gasteiger partial charge in [0.1, 0.15) is 6.54 Å². The molecule has 33 heavy (non-hydrogen) atoms. The minimum absolute atomic E-state index is 0.173. The zero-order valence-electron chi connectivity index (χ0n) is 17.1. The number of amides is 1. The van der Waals surface area contributed by atoms with E-state index in [4.69, 9.17) is 4.74 Å². The molecule has 1 amide bonds. The SMILES string of the molecule is O=C(COC(=O)Cn1c2ccccc2c(=O)c2ccccc21)Nc1ccccc1C(F)(F)F. The van der Waals surface area contributed by atoms with E-state index in [0.29, 0.717) is 21.8 Å². The van der Waals surface area contributed by atoms with Crippen LogP contribution >= 0.6 is 0 Å². The highest BCUT2D eigenvalue weighted by atomic mass is 19.4. The second kappa shape index (κ2) is 8.78. The fourth-order valence-corrected chi connectivity index (χ4v) is 3.59. The number of pyridine rings is 1. The minimum Gasteiger partial charge on any atom is -0.454 e. The molecular weight excluding hydrogens is 437 g/mol. The molecule has 0 saturated heterocycles. The number of anilines is 1. The van der Waals surface area contributed by atoms with Crippen molar-refractivity contribution in [3.63, 3.8) is 0 Å². The van der Waals surface area contributed by atoms with Crippen LogP contribution in [0.4, 0.5) is 18.9 Å². The van der Waals surface area contributed by atoms with Crippen molar-refractivity contribution in [2.45, 2.75) is 12.7 Å². The molecule has 0 radical (unpaired) electrons. The molecule has 0 aliphatic carbocycles. The second-order valence-corrected chi connectivity index (χ2v) is 7.20. The average molecular weight is 454 g/mol. The van der Waals surface area contributed by atoms with Gasteiger partial charge in [-0.05, 0) is 36.4 Å². The molecule has 3 aromatic carbocycles. The van der Waals surface area contributed by atoms with Crippen molar-refractivity contribution in [2.75, 3.05) is 11.9 Å². The van der Waals surface area contributed by atoms with Gasteiger partial charge in [0.05, 0.1) is 22.3 Å².